The number of benzene rings is 1. The van der Waals surface area contributed by atoms with Crippen molar-refractivity contribution in [2.24, 2.45) is 23.7 Å². The highest BCUT2D eigenvalue weighted by Crippen LogP contribution is 2.48. The van der Waals surface area contributed by atoms with E-state index in [9.17, 15) is 14.7 Å². The first-order valence-electron chi connectivity index (χ1n) is 6.94. The molecule has 0 spiro atoms. The number of hydrogen-bond donors (Lipinski definition) is 1. The van der Waals surface area contributed by atoms with Crippen LogP contribution in [0.1, 0.15) is 6.42 Å². The molecule has 2 aliphatic carbocycles. The highest BCUT2D eigenvalue weighted by molar-refractivity contribution is 5.96. The molecule has 1 amide bonds. The third-order valence-electron chi connectivity index (χ3n) is 4.39. The fourth-order valence-electron chi connectivity index (χ4n) is 3.40. The van der Waals surface area contributed by atoms with E-state index in [4.69, 9.17) is 4.74 Å². The molecule has 2 bridgehead atoms. The summed E-state index contributed by atoms with van der Waals surface area (Å²) in [7, 11) is 1.57. The van der Waals surface area contributed by atoms with Gasteiger partial charge >= 0.3 is 0 Å². The number of nitrogens with one attached hydrogen (secondary N) is 1. The smallest absolute Gasteiger partial charge is 0.228 e. The average molecular weight is 286 g/mol. The molecule has 3 rings (SSSR count). The van der Waals surface area contributed by atoms with Gasteiger partial charge in [-0.2, -0.15) is 0 Å². The van der Waals surface area contributed by atoms with Crippen LogP contribution in [-0.4, -0.2) is 19.0 Å². The largest absolute Gasteiger partial charge is 0.550 e. The standard InChI is InChI=1S/C16H17NO4/c1-21-12-6-4-11(5-7-12)17-15(18)13-9-2-3-10(8-9)14(13)16(19)20/h2-7,9-10,13-14H,8H2,1H3,(H,17,18)(H,19,20)/p-1/t9-,10+,13-,14+/m1/s1. The quantitative estimate of drug-likeness (QED) is 0.831. The first kappa shape index (κ1) is 13.7. The van der Waals surface area contributed by atoms with Crippen molar-refractivity contribution in [1.29, 1.82) is 0 Å². The van der Waals surface area contributed by atoms with Gasteiger partial charge in [-0.1, -0.05) is 12.2 Å². The molecule has 0 heterocycles. The number of carbonyl (C=O) groups excluding carboxylic acids is 2. The molecule has 0 unspecified atom stereocenters. The summed E-state index contributed by atoms with van der Waals surface area (Å²) in [5.74, 6) is -2.05. The van der Waals surface area contributed by atoms with E-state index in [1.54, 1.807) is 31.4 Å². The first-order valence-corrected chi connectivity index (χ1v) is 6.94. The highest BCUT2D eigenvalue weighted by atomic mass is 16.5. The average Bonchev–Trinajstić information content (AvgIpc) is 3.08. The van der Waals surface area contributed by atoms with Gasteiger partial charge in [-0.3, -0.25) is 4.79 Å². The summed E-state index contributed by atoms with van der Waals surface area (Å²) in [5, 5.41) is 14.1. The number of fused-ring (bicyclic) bond motifs is 2. The monoisotopic (exact) mass is 286 g/mol. The van der Waals surface area contributed by atoms with Gasteiger partial charge < -0.3 is 20.0 Å². The Morgan fingerprint density at radius 1 is 1.14 bits per heavy atom. The number of ether oxygens (including phenoxy) is 1. The molecule has 2 aliphatic rings. The summed E-state index contributed by atoms with van der Waals surface area (Å²) in [4.78, 5) is 23.7. The molecule has 0 radical (unpaired) electrons. The number of anilines is 1. The van der Waals surface area contributed by atoms with Crippen molar-refractivity contribution in [2.45, 2.75) is 6.42 Å². The predicted octanol–water partition coefficient (Wildman–Crippen LogP) is 0.822. The third-order valence-corrected chi connectivity index (χ3v) is 4.39. The summed E-state index contributed by atoms with van der Waals surface area (Å²) >= 11 is 0. The molecule has 1 saturated carbocycles. The minimum Gasteiger partial charge on any atom is -0.550 e. The maximum Gasteiger partial charge on any atom is 0.228 e. The SMILES string of the molecule is COc1ccc(NC(=O)[C@H]2[C@@H](C(=O)[O-])[C@H]3C=C[C@@H]2C3)cc1. The fraction of sp³-hybridized carbons (Fsp3) is 0.375. The molecule has 21 heavy (non-hydrogen) atoms. The lowest BCUT2D eigenvalue weighted by atomic mass is 9.82. The van der Waals surface area contributed by atoms with Crippen LogP contribution >= 0.6 is 0 Å². The van der Waals surface area contributed by atoms with E-state index in [-0.39, 0.29) is 17.7 Å². The Bertz CT molecular complexity index is 593. The number of hydrogen-bond acceptors (Lipinski definition) is 4. The number of amides is 1. The molecule has 1 fully saturated rings. The van der Waals surface area contributed by atoms with Gasteiger partial charge in [0, 0.05) is 17.6 Å². The van der Waals surface area contributed by atoms with Gasteiger partial charge in [0.15, 0.2) is 0 Å². The number of methoxy groups -OCH3 is 1. The Hall–Kier alpha value is -2.30. The van der Waals surface area contributed by atoms with E-state index in [0.717, 1.165) is 6.42 Å². The van der Waals surface area contributed by atoms with E-state index in [1.807, 2.05) is 12.2 Å². The molecule has 1 N–H and O–H groups in total. The summed E-state index contributed by atoms with van der Waals surface area (Å²) in [5.41, 5.74) is 0.629. The van der Waals surface area contributed by atoms with Crippen molar-refractivity contribution < 1.29 is 19.4 Å². The number of allylic oxidation sites excluding steroid dienone is 2. The van der Waals surface area contributed by atoms with Crippen molar-refractivity contribution in [3.8, 4) is 5.75 Å². The summed E-state index contributed by atoms with van der Waals surface area (Å²) in [6, 6.07) is 6.95. The van der Waals surface area contributed by atoms with Crippen LogP contribution in [0.2, 0.25) is 0 Å². The van der Waals surface area contributed by atoms with Crippen LogP contribution in [0.5, 0.6) is 5.75 Å². The van der Waals surface area contributed by atoms with Crippen LogP contribution in [0.4, 0.5) is 5.69 Å². The Balaban J connectivity index is 1.75. The van der Waals surface area contributed by atoms with Crippen molar-refractivity contribution in [3.05, 3.63) is 36.4 Å². The fourth-order valence-corrected chi connectivity index (χ4v) is 3.40. The van der Waals surface area contributed by atoms with Gasteiger partial charge in [0.25, 0.3) is 0 Å². The lowest BCUT2D eigenvalue weighted by molar-refractivity contribution is -0.313. The molecule has 1 aromatic rings. The highest BCUT2D eigenvalue weighted by Gasteiger charge is 2.48. The molecule has 5 heteroatoms. The van der Waals surface area contributed by atoms with Crippen molar-refractivity contribution in [1.82, 2.24) is 0 Å². The Kier molecular flexibility index (Phi) is 3.41. The van der Waals surface area contributed by atoms with Crippen LogP contribution in [0.15, 0.2) is 36.4 Å². The van der Waals surface area contributed by atoms with Crippen LogP contribution in [0.25, 0.3) is 0 Å². The number of carboxylic acid groups (broad SMARTS) is 1. The summed E-state index contributed by atoms with van der Waals surface area (Å²) < 4.78 is 5.05. The van der Waals surface area contributed by atoms with Gasteiger partial charge in [0.05, 0.1) is 13.0 Å². The van der Waals surface area contributed by atoms with Crippen molar-refractivity contribution >= 4 is 17.6 Å². The van der Waals surface area contributed by atoms with E-state index >= 15 is 0 Å². The summed E-state index contributed by atoms with van der Waals surface area (Å²) in [6.07, 6.45) is 4.56. The molecule has 0 aliphatic heterocycles. The van der Waals surface area contributed by atoms with E-state index in [0.29, 0.717) is 11.4 Å². The Morgan fingerprint density at radius 2 is 1.76 bits per heavy atom. The van der Waals surface area contributed by atoms with Crippen molar-refractivity contribution in [3.63, 3.8) is 0 Å². The second-order valence-electron chi connectivity index (χ2n) is 5.54. The minimum atomic E-state index is -1.14. The number of carboxylic acids is 1. The van der Waals surface area contributed by atoms with E-state index in [1.165, 1.54) is 0 Å². The van der Waals surface area contributed by atoms with Gasteiger partial charge in [-0.15, -0.1) is 0 Å². The van der Waals surface area contributed by atoms with Crippen molar-refractivity contribution in [2.75, 3.05) is 12.4 Å². The molecule has 0 aromatic heterocycles. The van der Waals surface area contributed by atoms with Gasteiger partial charge in [-0.25, -0.2) is 0 Å². The van der Waals surface area contributed by atoms with Gasteiger partial charge in [0.1, 0.15) is 5.75 Å². The Labute approximate surface area is 122 Å². The third kappa shape index (κ3) is 2.39. The van der Waals surface area contributed by atoms with Crippen LogP contribution in [0, 0.1) is 23.7 Å². The van der Waals surface area contributed by atoms with Gasteiger partial charge in [-0.05, 0) is 42.5 Å². The number of rotatable bonds is 4. The molecule has 110 valence electrons. The first-order chi connectivity index (χ1) is 10.1. The molecule has 4 atom stereocenters. The van der Waals surface area contributed by atoms with Crippen LogP contribution in [-0.2, 0) is 9.59 Å². The van der Waals surface area contributed by atoms with Crippen LogP contribution < -0.4 is 15.2 Å². The van der Waals surface area contributed by atoms with Gasteiger partial charge in [0.2, 0.25) is 5.91 Å². The lowest BCUT2D eigenvalue weighted by Crippen LogP contribution is -2.42. The maximum absolute atomic E-state index is 12.4. The molecular formula is C16H16NO4-. The summed E-state index contributed by atoms with van der Waals surface area (Å²) in [6.45, 7) is 0. The number of carbonyl (C=O) groups is 2. The molecule has 1 aromatic carbocycles. The maximum atomic E-state index is 12.4. The van der Waals surface area contributed by atoms with Crippen LogP contribution in [0.3, 0.4) is 0 Å². The topological polar surface area (TPSA) is 78.5 Å². The zero-order valence-electron chi connectivity index (χ0n) is 11.6. The van der Waals surface area contributed by atoms with E-state index in [2.05, 4.69) is 5.32 Å². The zero-order chi connectivity index (χ0) is 15.0. The normalized spacial score (nSPS) is 29.4. The van der Waals surface area contributed by atoms with E-state index < -0.39 is 17.8 Å². The second-order valence-corrected chi connectivity index (χ2v) is 5.54. The molecular weight excluding hydrogens is 270 g/mol. The molecule has 5 nitrogen and oxygen atoms in total. The predicted molar refractivity (Wildman–Crippen MR) is 74.3 cm³/mol. The number of aliphatic carboxylic acids is 1. The molecule has 0 saturated heterocycles. The second kappa shape index (κ2) is 5.24. The zero-order valence-corrected chi connectivity index (χ0v) is 11.6. The Morgan fingerprint density at radius 3 is 2.33 bits per heavy atom. The minimum absolute atomic E-state index is 0.00357. The lowest BCUT2D eigenvalue weighted by Gasteiger charge is -2.27.